The molecule has 0 saturated carbocycles. The number of hydrogen-bond acceptors (Lipinski definition) is 2. The van der Waals surface area contributed by atoms with Gasteiger partial charge in [-0.2, -0.15) is 0 Å². The Morgan fingerprint density at radius 3 is 1.67 bits per heavy atom. The lowest BCUT2D eigenvalue weighted by Gasteiger charge is -2.00. The van der Waals surface area contributed by atoms with Crippen LogP contribution in [0.25, 0.3) is 21.8 Å². The summed E-state index contributed by atoms with van der Waals surface area (Å²) in [4.78, 5) is 6.43. The van der Waals surface area contributed by atoms with Crippen LogP contribution in [0, 0.1) is 0 Å². The second-order valence-electron chi connectivity index (χ2n) is 5.26. The molecule has 0 bridgehead atoms. The summed E-state index contributed by atoms with van der Waals surface area (Å²) in [6.07, 6.45) is 4.66. The maximum Gasteiger partial charge on any atom is 0.116 e. The molecule has 2 heterocycles. The van der Waals surface area contributed by atoms with E-state index in [1.165, 1.54) is 0 Å². The molecule has 0 unspecified atom stereocenters. The van der Waals surface area contributed by atoms with Crippen molar-refractivity contribution in [2.45, 2.75) is 6.42 Å². The van der Waals surface area contributed by atoms with Crippen molar-refractivity contribution < 1.29 is 10.2 Å². The number of phenolic OH excluding ortho intramolecular Hbond substituents is 2. The first-order chi connectivity index (χ1) is 10.2. The number of nitrogens with one attached hydrogen (secondary N) is 2. The second-order valence-corrected chi connectivity index (χ2v) is 5.26. The van der Waals surface area contributed by atoms with Gasteiger partial charge in [0.15, 0.2) is 0 Å². The summed E-state index contributed by atoms with van der Waals surface area (Å²) in [5.41, 5.74) is 4.24. The van der Waals surface area contributed by atoms with Gasteiger partial charge in [0.1, 0.15) is 11.5 Å². The van der Waals surface area contributed by atoms with Gasteiger partial charge in [0.25, 0.3) is 0 Å². The molecule has 21 heavy (non-hydrogen) atoms. The van der Waals surface area contributed by atoms with Crippen LogP contribution in [0.5, 0.6) is 11.5 Å². The molecule has 0 amide bonds. The molecule has 104 valence electrons. The Labute approximate surface area is 120 Å². The fourth-order valence-electron chi connectivity index (χ4n) is 2.83. The van der Waals surface area contributed by atoms with Crippen LogP contribution >= 0.6 is 0 Å². The van der Waals surface area contributed by atoms with E-state index in [1.54, 1.807) is 24.3 Å². The van der Waals surface area contributed by atoms with Crippen molar-refractivity contribution in [3.63, 3.8) is 0 Å². The van der Waals surface area contributed by atoms with Gasteiger partial charge in [-0.25, -0.2) is 0 Å². The van der Waals surface area contributed by atoms with Gasteiger partial charge < -0.3 is 20.2 Å². The average Bonchev–Trinajstić information content (AvgIpc) is 3.04. The summed E-state index contributed by atoms with van der Waals surface area (Å²) < 4.78 is 0. The topological polar surface area (TPSA) is 72.0 Å². The monoisotopic (exact) mass is 278 g/mol. The van der Waals surface area contributed by atoms with Crippen LogP contribution in [0.15, 0.2) is 48.8 Å². The van der Waals surface area contributed by atoms with E-state index in [4.69, 9.17) is 0 Å². The molecule has 0 aliphatic heterocycles. The number of phenols is 2. The SMILES string of the molecule is Oc1ccc2[nH]cc(Cc3c[nH]c4ccc(O)cc34)c2c1. The van der Waals surface area contributed by atoms with E-state index in [0.717, 1.165) is 39.4 Å². The second kappa shape index (κ2) is 4.31. The molecule has 0 fully saturated rings. The van der Waals surface area contributed by atoms with E-state index in [2.05, 4.69) is 9.97 Å². The molecule has 0 spiro atoms. The predicted molar refractivity (Wildman–Crippen MR) is 82.7 cm³/mol. The molecule has 0 atom stereocenters. The molecule has 0 aliphatic rings. The van der Waals surface area contributed by atoms with Gasteiger partial charge in [0.2, 0.25) is 0 Å². The molecule has 2 aromatic carbocycles. The van der Waals surface area contributed by atoms with Crippen LogP contribution in [0.2, 0.25) is 0 Å². The number of H-pyrrole nitrogens is 2. The lowest BCUT2D eigenvalue weighted by Crippen LogP contribution is -1.85. The predicted octanol–water partition coefficient (Wildman–Crippen LogP) is 3.65. The first-order valence-electron chi connectivity index (χ1n) is 6.79. The van der Waals surface area contributed by atoms with Gasteiger partial charge >= 0.3 is 0 Å². The molecule has 4 aromatic rings. The maximum absolute atomic E-state index is 9.65. The molecular formula is C17H14N2O2. The standard InChI is InChI=1S/C17H14N2O2/c20-12-1-3-16-14(6-12)10(8-18-16)5-11-9-19-17-4-2-13(21)7-15(11)17/h1-4,6-9,18-21H,5H2. The van der Waals surface area contributed by atoms with Crippen molar-refractivity contribution in [2.24, 2.45) is 0 Å². The summed E-state index contributed by atoms with van der Waals surface area (Å²) in [5.74, 6) is 0.528. The first kappa shape index (κ1) is 11.9. The quantitative estimate of drug-likeness (QED) is 0.452. The molecule has 4 N–H and O–H groups in total. The van der Waals surface area contributed by atoms with E-state index < -0.39 is 0 Å². The third-order valence-corrected chi connectivity index (χ3v) is 3.88. The highest BCUT2D eigenvalue weighted by molar-refractivity contribution is 5.88. The Kier molecular flexibility index (Phi) is 2.44. The minimum Gasteiger partial charge on any atom is -0.508 e. The molecule has 4 heteroatoms. The van der Waals surface area contributed by atoms with Gasteiger partial charge in [-0.05, 0) is 47.5 Å². The molecule has 0 aliphatic carbocycles. The van der Waals surface area contributed by atoms with Gasteiger partial charge in [-0.1, -0.05) is 0 Å². The molecule has 0 radical (unpaired) electrons. The van der Waals surface area contributed by atoms with Crippen LogP contribution in [0.3, 0.4) is 0 Å². The Balaban J connectivity index is 1.82. The van der Waals surface area contributed by atoms with E-state index in [9.17, 15) is 10.2 Å². The van der Waals surface area contributed by atoms with Crippen LogP contribution < -0.4 is 0 Å². The number of hydrogen-bond donors (Lipinski definition) is 4. The number of rotatable bonds is 2. The van der Waals surface area contributed by atoms with Gasteiger partial charge in [0, 0.05) is 40.6 Å². The lowest BCUT2D eigenvalue weighted by atomic mass is 10.0. The van der Waals surface area contributed by atoms with Crippen molar-refractivity contribution in [1.82, 2.24) is 9.97 Å². The van der Waals surface area contributed by atoms with Crippen molar-refractivity contribution in [3.8, 4) is 11.5 Å². The zero-order chi connectivity index (χ0) is 14.4. The molecule has 4 nitrogen and oxygen atoms in total. The third-order valence-electron chi connectivity index (χ3n) is 3.88. The normalized spacial score (nSPS) is 11.4. The average molecular weight is 278 g/mol. The fourth-order valence-corrected chi connectivity index (χ4v) is 2.83. The number of benzene rings is 2. The molecule has 4 rings (SSSR count). The molecule has 0 saturated heterocycles. The summed E-state index contributed by atoms with van der Waals surface area (Å²) in [6.45, 7) is 0. The number of aromatic nitrogens is 2. The van der Waals surface area contributed by atoms with Crippen molar-refractivity contribution in [1.29, 1.82) is 0 Å². The fraction of sp³-hybridized carbons (Fsp3) is 0.0588. The summed E-state index contributed by atoms with van der Waals surface area (Å²) in [5, 5.41) is 21.3. The van der Waals surface area contributed by atoms with Crippen LogP contribution in [-0.4, -0.2) is 20.2 Å². The van der Waals surface area contributed by atoms with E-state index in [1.807, 2.05) is 24.5 Å². The Morgan fingerprint density at radius 1 is 0.714 bits per heavy atom. The van der Waals surface area contributed by atoms with Crippen LogP contribution in [0.4, 0.5) is 0 Å². The molecule has 2 aromatic heterocycles. The van der Waals surface area contributed by atoms with Crippen molar-refractivity contribution >= 4 is 21.8 Å². The lowest BCUT2D eigenvalue weighted by molar-refractivity contribution is 0.475. The van der Waals surface area contributed by atoms with E-state index >= 15 is 0 Å². The smallest absolute Gasteiger partial charge is 0.116 e. The zero-order valence-electron chi connectivity index (χ0n) is 11.2. The summed E-state index contributed by atoms with van der Waals surface area (Å²) in [7, 11) is 0. The Hall–Kier alpha value is -2.88. The van der Waals surface area contributed by atoms with E-state index in [-0.39, 0.29) is 11.5 Å². The van der Waals surface area contributed by atoms with Gasteiger partial charge in [-0.15, -0.1) is 0 Å². The number of aromatic amines is 2. The Bertz CT molecular complexity index is 872. The zero-order valence-corrected chi connectivity index (χ0v) is 11.2. The third kappa shape index (κ3) is 1.92. The summed E-state index contributed by atoms with van der Waals surface area (Å²) >= 11 is 0. The van der Waals surface area contributed by atoms with Crippen molar-refractivity contribution in [2.75, 3.05) is 0 Å². The highest BCUT2D eigenvalue weighted by Gasteiger charge is 2.09. The number of fused-ring (bicyclic) bond motifs is 2. The minimum absolute atomic E-state index is 0.264. The summed E-state index contributed by atoms with van der Waals surface area (Å²) in [6, 6.07) is 10.6. The minimum atomic E-state index is 0.264. The van der Waals surface area contributed by atoms with Gasteiger partial charge in [0.05, 0.1) is 0 Å². The molecular weight excluding hydrogens is 264 g/mol. The van der Waals surface area contributed by atoms with E-state index in [0.29, 0.717) is 0 Å². The first-order valence-corrected chi connectivity index (χ1v) is 6.79. The van der Waals surface area contributed by atoms with Crippen LogP contribution in [0.1, 0.15) is 11.1 Å². The van der Waals surface area contributed by atoms with Crippen molar-refractivity contribution in [3.05, 3.63) is 59.9 Å². The maximum atomic E-state index is 9.65. The van der Waals surface area contributed by atoms with Crippen LogP contribution in [-0.2, 0) is 6.42 Å². The largest absolute Gasteiger partial charge is 0.508 e. The number of aromatic hydroxyl groups is 2. The highest BCUT2D eigenvalue weighted by Crippen LogP contribution is 2.28. The Morgan fingerprint density at radius 2 is 1.19 bits per heavy atom. The highest BCUT2D eigenvalue weighted by atomic mass is 16.3. The van der Waals surface area contributed by atoms with Gasteiger partial charge in [-0.3, -0.25) is 0 Å².